The summed E-state index contributed by atoms with van der Waals surface area (Å²) in [6.07, 6.45) is 2.12. The normalized spacial score (nSPS) is 16.5. The van der Waals surface area contributed by atoms with Crippen LogP contribution >= 0.6 is 0 Å². The van der Waals surface area contributed by atoms with Crippen molar-refractivity contribution < 1.29 is 9.15 Å². The first-order chi connectivity index (χ1) is 9.36. The summed E-state index contributed by atoms with van der Waals surface area (Å²) in [6.45, 7) is 2.04. The van der Waals surface area contributed by atoms with E-state index in [9.17, 15) is 0 Å². The van der Waals surface area contributed by atoms with Gasteiger partial charge < -0.3 is 14.5 Å². The van der Waals surface area contributed by atoms with Crippen LogP contribution in [0, 0.1) is 0 Å². The maximum absolute atomic E-state index is 5.79. The number of benzene rings is 1. The fourth-order valence-electron chi connectivity index (χ4n) is 2.32. The minimum atomic E-state index is 0.390. The maximum atomic E-state index is 5.79. The second-order valence-electron chi connectivity index (χ2n) is 4.70. The number of ether oxygens (including phenoxy) is 1. The molecule has 100 valence electrons. The Bertz CT molecular complexity index is 530. The van der Waals surface area contributed by atoms with Gasteiger partial charge in [0.25, 0.3) is 0 Å². The van der Waals surface area contributed by atoms with E-state index >= 15 is 0 Å². The van der Waals surface area contributed by atoms with Crippen LogP contribution in [-0.2, 0) is 0 Å². The van der Waals surface area contributed by atoms with Gasteiger partial charge in [0.2, 0.25) is 11.8 Å². The Labute approximate surface area is 112 Å². The Morgan fingerprint density at radius 1 is 1.16 bits per heavy atom. The molecule has 2 heterocycles. The van der Waals surface area contributed by atoms with Gasteiger partial charge in [-0.05, 0) is 50.2 Å². The molecule has 0 atom stereocenters. The molecule has 1 fully saturated rings. The van der Waals surface area contributed by atoms with Crippen molar-refractivity contribution in [3.8, 4) is 17.2 Å². The van der Waals surface area contributed by atoms with Crippen LogP contribution < -0.4 is 10.1 Å². The Balaban J connectivity index is 1.79. The highest BCUT2D eigenvalue weighted by Crippen LogP contribution is 2.27. The van der Waals surface area contributed by atoms with Crippen molar-refractivity contribution in [2.45, 2.75) is 18.8 Å². The third-order valence-corrected chi connectivity index (χ3v) is 3.47. The smallest absolute Gasteiger partial charge is 0.247 e. The van der Waals surface area contributed by atoms with Crippen molar-refractivity contribution in [1.29, 1.82) is 0 Å². The molecule has 0 amide bonds. The molecule has 0 spiro atoms. The van der Waals surface area contributed by atoms with Gasteiger partial charge >= 0.3 is 0 Å². The standard InChI is InChI=1S/C14H17N3O2/c1-18-12-4-2-10(3-5-12)13-16-17-14(19-13)11-6-8-15-9-7-11/h2-5,11,15H,6-9H2,1H3. The fourth-order valence-corrected chi connectivity index (χ4v) is 2.32. The summed E-state index contributed by atoms with van der Waals surface area (Å²) >= 11 is 0. The van der Waals surface area contributed by atoms with Crippen molar-refractivity contribution in [1.82, 2.24) is 15.5 Å². The third-order valence-electron chi connectivity index (χ3n) is 3.47. The monoisotopic (exact) mass is 259 g/mol. The number of aromatic nitrogens is 2. The molecule has 3 rings (SSSR count). The zero-order valence-electron chi connectivity index (χ0n) is 10.9. The van der Waals surface area contributed by atoms with Crippen LogP contribution in [0.5, 0.6) is 5.75 Å². The molecule has 1 saturated heterocycles. The average Bonchev–Trinajstić information content (AvgIpc) is 2.98. The molecule has 5 heteroatoms. The summed E-state index contributed by atoms with van der Waals surface area (Å²) in [4.78, 5) is 0. The lowest BCUT2D eigenvalue weighted by Crippen LogP contribution is -2.26. The summed E-state index contributed by atoms with van der Waals surface area (Å²) in [5, 5.41) is 11.7. The first kappa shape index (κ1) is 12.2. The highest BCUT2D eigenvalue weighted by atomic mass is 16.5. The molecule has 0 radical (unpaired) electrons. The number of nitrogens with one attached hydrogen (secondary N) is 1. The molecule has 0 saturated carbocycles. The summed E-state index contributed by atoms with van der Waals surface area (Å²) in [5.74, 6) is 2.55. The SMILES string of the molecule is COc1ccc(-c2nnc(C3CCNCC3)o2)cc1. The van der Waals surface area contributed by atoms with Gasteiger partial charge in [-0.3, -0.25) is 0 Å². The van der Waals surface area contributed by atoms with Crippen LogP contribution in [0.3, 0.4) is 0 Å². The zero-order valence-corrected chi connectivity index (χ0v) is 10.9. The number of hydrogen-bond acceptors (Lipinski definition) is 5. The summed E-state index contributed by atoms with van der Waals surface area (Å²) < 4.78 is 10.9. The lowest BCUT2D eigenvalue weighted by molar-refractivity contribution is 0.378. The average molecular weight is 259 g/mol. The predicted octanol–water partition coefficient (Wildman–Crippen LogP) is 2.21. The second kappa shape index (κ2) is 5.40. The van der Waals surface area contributed by atoms with Gasteiger partial charge in [0.05, 0.1) is 7.11 Å². The third kappa shape index (κ3) is 2.61. The molecule has 2 aromatic rings. The van der Waals surface area contributed by atoms with Crippen LogP contribution in [0.15, 0.2) is 28.7 Å². The van der Waals surface area contributed by atoms with Crippen LogP contribution in [0.1, 0.15) is 24.7 Å². The maximum Gasteiger partial charge on any atom is 0.247 e. The Hall–Kier alpha value is -1.88. The van der Waals surface area contributed by atoms with E-state index in [2.05, 4.69) is 15.5 Å². The molecule has 0 bridgehead atoms. The van der Waals surface area contributed by atoms with Gasteiger partial charge in [-0.25, -0.2) is 0 Å². The lowest BCUT2D eigenvalue weighted by Gasteiger charge is -2.18. The number of rotatable bonds is 3. The molecule has 19 heavy (non-hydrogen) atoms. The van der Waals surface area contributed by atoms with E-state index < -0.39 is 0 Å². The molecule has 1 aromatic carbocycles. The molecular weight excluding hydrogens is 242 g/mol. The fraction of sp³-hybridized carbons (Fsp3) is 0.429. The Kier molecular flexibility index (Phi) is 3.46. The van der Waals surface area contributed by atoms with E-state index in [1.165, 1.54) is 0 Å². The van der Waals surface area contributed by atoms with E-state index in [1.54, 1.807) is 7.11 Å². The minimum Gasteiger partial charge on any atom is -0.497 e. The first-order valence-corrected chi connectivity index (χ1v) is 6.55. The van der Waals surface area contributed by atoms with Gasteiger partial charge in [-0.15, -0.1) is 10.2 Å². The van der Waals surface area contributed by atoms with E-state index in [0.717, 1.165) is 43.1 Å². The number of methoxy groups -OCH3 is 1. The van der Waals surface area contributed by atoms with Crippen molar-refractivity contribution in [2.75, 3.05) is 20.2 Å². The van der Waals surface area contributed by atoms with Crippen molar-refractivity contribution in [3.05, 3.63) is 30.2 Å². The van der Waals surface area contributed by atoms with E-state index in [4.69, 9.17) is 9.15 Å². The van der Waals surface area contributed by atoms with E-state index in [0.29, 0.717) is 11.8 Å². The summed E-state index contributed by atoms with van der Waals surface area (Å²) in [7, 11) is 1.65. The molecule has 1 aliphatic rings. The minimum absolute atomic E-state index is 0.390. The molecule has 1 N–H and O–H groups in total. The highest BCUT2D eigenvalue weighted by Gasteiger charge is 2.21. The topological polar surface area (TPSA) is 60.2 Å². The predicted molar refractivity (Wildman–Crippen MR) is 71.1 cm³/mol. The van der Waals surface area contributed by atoms with Crippen molar-refractivity contribution in [3.63, 3.8) is 0 Å². The van der Waals surface area contributed by atoms with Gasteiger partial charge in [-0.1, -0.05) is 0 Å². The number of nitrogens with zero attached hydrogens (tertiary/aromatic N) is 2. The van der Waals surface area contributed by atoms with Gasteiger partial charge in [-0.2, -0.15) is 0 Å². The second-order valence-corrected chi connectivity index (χ2v) is 4.70. The van der Waals surface area contributed by atoms with Crippen LogP contribution in [0.25, 0.3) is 11.5 Å². The molecule has 0 unspecified atom stereocenters. The largest absolute Gasteiger partial charge is 0.497 e. The molecule has 1 aliphatic heterocycles. The first-order valence-electron chi connectivity index (χ1n) is 6.55. The highest BCUT2D eigenvalue weighted by molar-refractivity contribution is 5.53. The summed E-state index contributed by atoms with van der Waals surface area (Å²) in [5.41, 5.74) is 0.925. The van der Waals surface area contributed by atoms with Gasteiger partial charge in [0, 0.05) is 11.5 Å². The van der Waals surface area contributed by atoms with Crippen molar-refractivity contribution >= 4 is 0 Å². The number of piperidine rings is 1. The number of hydrogen-bond donors (Lipinski definition) is 1. The zero-order chi connectivity index (χ0) is 13.1. The van der Waals surface area contributed by atoms with E-state index in [-0.39, 0.29) is 0 Å². The van der Waals surface area contributed by atoms with Crippen molar-refractivity contribution in [2.24, 2.45) is 0 Å². The van der Waals surface area contributed by atoms with Crippen LogP contribution in [0.4, 0.5) is 0 Å². The summed E-state index contributed by atoms with van der Waals surface area (Å²) in [6, 6.07) is 7.64. The molecule has 0 aliphatic carbocycles. The van der Waals surface area contributed by atoms with E-state index in [1.807, 2.05) is 24.3 Å². The van der Waals surface area contributed by atoms with Gasteiger partial charge in [0.1, 0.15) is 5.75 Å². The van der Waals surface area contributed by atoms with Crippen LogP contribution in [-0.4, -0.2) is 30.4 Å². The molecule has 1 aromatic heterocycles. The van der Waals surface area contributed by atoms with Crippen LogP contribution in [0.2, 0.25) is 0 Å². The van der Waals surface area contributed by atoms with Gasteiger partial charge in [0.15, 0.2) is 0 Å². The lowest BCUT2D eigenvalue weighted by atomic mass is 9.98. The Morgan fingerprint density at radius 3 is 2.58 bits per heavy atom. The quantitative estimate of drug-likeness (QED) is 0.915. The molecule has 5 nitrogen and oxygen atoms in total. The molecular formula is C14H17N3O2. The Morgan fingerprint density at radius 2 is 1.89 bits per heavy atom.